The lowest BCUT2D eigenvalue weighted by atomic mass is 9.65. The number of fused-ring (bicyclic) bond motifs is 3. The third kappa shape index (κ3) is 4.22. The van der Waals surface area contributed by atoms with Gasteiger partial charge >= 0.3 is 0 Å². The van der Waals surface area contributed by atoms with Crippen molar-refractivity contribution in [2.75, 3.05) is 4.90 Å². The van der Waals surface area contributed by atoms with Crippen LogP contribution in [0.25, 0.3) is 44.2 Å². The lowest BCUT2D eigenvalue weighted by Gasteiger charge is -2.36. The fourth-order valence-corrected chi connectivity index (χ4v) is 9.69. The number of furan rings is 1. The van der Waals surface area contributed by atoms with Crippen molar-refractivity contribution in [3.8, 4) is 22.3 Å². The van der Waals surface area contributed by atoms with Gasteiger partial charge in [-0.05, 0) is 104 Å². The van der Waals surface area contributed by atoms with Gasteiger partial charge in [0.25, 0.3) is 0 Å². The van der Waals surface area contributed by atoms with Crippen molar-refractivity contribution in [3.63, 3.8) is 0 Å². The van der Waals surface area contributed by atoms with Crippen LogP contribution in [0, 0.1) is 0 Å². The first kappa shape index (κ1) is 30.9. The molecule has 9 aromatic rings. The molecule has 0 bridgehead atoms. The van der Waals surface area contributed by atoms with Gasteiger partial charge in [-0.2, -0.15) is 0 Å². The Kier molecular flexibility index (Phi) is 6.55. The number of para-hydroxylation sites is 2. The van der Waals surface area contributed by atoms with E-state index in [9.17, 15) is 0 Å². The van der Waals surface area contributed by atoms with E-state index in [1.54, 1.807) is 0 Å². The Morgan fingerprint density at radius 1 is 0.389 bits per heavy atom. The molecule has 0 N–H and O–H groups in total. The van der Waals surface area contributed by atoms with Gasteiger partial charge in [0.1, 0.15) is 11.2 Å². The van der Waals surface area contributed by atoms with Gasteiger partial charge in [-0.3, -0.25) is 0 Å². The lowest BCUT2D eigenvalue weighted by molar-refractivity contribution is 0.652. The molecule has 2 heteroatoms. The van der Waals surface area contributed by atoms with Crippen molar-refractivity contribution < 1.29 is 4.42 Å². The van der Waals surface area contributed by atoms with Gasteiger partial charge in [-0.25, -0.2) is 0 Å². The Morgan fingerprint density at radius 3 is 1.67 bits per heavy atom. The number of nitrogens with zero attached hydrogens (tertiary/aromatic N) is 1. The minimum atomic E-state index is -0.427. The van der Waals surface area contributed by atoms with Gasteiger partial charge in [0.05, 0.1) is 5.41 Å². The van der Waals surface area contributed by atoms with Crippen LogP contribution in [-0.4, -0.2) is 0 Å². The predicted octanol–water partition coefficient (Wildman–Crippen LogP) is 13.7. The highest BCUT2D eigenvalue weighted by Crippen LogP contribution is 2.64. The molecule has 0 saturated carbocycles. The second-order valence-electron chi connectivity index (χ2n) is 15.3. The van der Waals surface area contributed by atoms with E-state index in [0.717, 1.165) is 39.0 Å². The van der Waals surface area contributed by atoms with Gasteiger partial charge in [-0.15, -0.1) is 0 Å². The molecule has 2 aliphatic carbocycles. The third-order valence-corrected chi connectivity index (χ3v) is 12.1. The van der Waals surface area contributed by atoms with Crippen molar-refractivity contribution in [2.24, 2.45) is 0 Å². The summed E-state index contributed by atoms with van der Waals surface area (Å²) in [5, 5.41) is 2.26. The molecule has 0 spiro atoms. The van der Waals surface area contributed by atoms with Gasteiger partial charge in [-0.1, -0.05) is 147 Å². The van der Waals surface area contributed by atoms with Crippen molar-refractivity contribution in [2.45, 2.75) is 24.7 Å². The summed E-state index contributed by atoms with van der Waals surface area (Å²) < 4.78 is 6.32. The Labute approximate surface area is 315 Å². The molecule has 54 heavy (non-hydrogen) atoms. The normalized spacial score (nSPS) is 14.4. The van der Waals surface area contributed by atoms with Crippen LogP contribution in [0.15, 0.2) is 192 Å². The van der Waals surface area contributed by atoms with Crippen molar-refractivity contribution in [3.05, 3.63) is 221 Å². The highest BCUT2D eigenvalue weighted by Gasteiger charge is 2.52. The van der Waals surface area contributed by atoms with E-state index >= 15 is 0 Å². The molecule has 0 atom stereocenters. The van der Waals surface area contributed by atoms with E-state index in [2.05, 4.69) is 195 Å². The van der Waals surface area contributed by atoms with Crippen LogP contribution in [0.1, 0.15) is 47.2 Å². The zero-order valence-corrected chi connectivity index (χ0v) is 30.3. The number of anilines is 3. The van der Waals surface area contributed by atoms with E-state index in [1.165, 1.54) is 55.6 Å². The van der Waals surface area contributed by atoms with Gasteiger partial charge in [0.15, 0.2) is 0 Å². The van der Waals surface area contributed by atoms with E-state index in [-0.39, 0.29) is 5.41 Å². The van der Waals surface area contributed by atoms with Gasteiger partial charge < -0.3 is 9.32 Å². The Morgan fingerprint density at radius 2 is 0.944 bits per heavy atom. The number of hydrogen-bond acceptors (Lipinski definition) is 2. The largest absolute Gasteiger partial charge is 0.456 e. The van der Waals surface area contributed by atoms with Crippen LogP contribution < -0.4 is 4.90 Å². The monoisotopic (exact) mass is 691 g/mol. The molecule has 0 fully saturated rings. The fraction of sp³-hybridized carbons (Fsp3) is 0.0769. The summed E-state index contributed by atoms with van der Waals surface area (Å²) in [6, 6.07) is 68.7. The van der Waals surface area contributed by atoms with Crippen LogP contribution >= 0.6 is 0 Å². The SMILES string of the molecule is CC1(C)c2cccc3c2-c2c1cccc2C3(c1ccccc1)c1cccc(-c2ccc(N(c3ccccc3)c3ccc4c(c3)oc3ccccc34)cc2)c1. The molecule has 2 aliphatic rings. The van der Waals surface area contributed by atoms with E-state index < -0.39 is 5.41 Å². The summed E-state index contributed by atoms with van der Waals surface area (Å²) in [7, 11) is 0. The third-order valence-electron chi connectivity index (χ3n) is 12.1. The summed E-state index contributed by atoms with van der Waals surface area (Å²) in [6.45, 7) is 4.75. The van der Waals surface area contributed by atoms with Crippen LogP contribution in [0.3, 0.4) is 0 Å². The number of rotatable bonds is 6. The highest BCUT2D eigenvalue weighted by molar-refractivity contribution is 6.06. The standard InChI is InChI=1S/C52H37NO/c1-51(2)43-21-12-23-45-49(43)50-44(51)22-13-24-46(50)52(45,36-15-5-3-6-16-36)37-17-11-14-35(32-37)34-26-28-39(29-27-34)53(38-18-7-4-8-19-38)40-30-31-42-41-20-9-10-25-47(41)54-48(42)33-40/h3-33H,1-2H3. The predicted molar refractivity (Wildman–Crippen MR) is 223 cm³/mol. The Bertz CT molecular complexity index is 2840. The minimum Gasteiger partial charge on any atom is -0.456 e. The van der Waals surface area contributed by atoms with Crippen molar-refractivity contribution >= 4 is 39.0 Å². The quantitative estimate of drug-likeness (QED) is 0.173. The molecule has 0 unspecified atom stereocenters. The summed E-state index contributed by atoms with van der Waals surface area (Å²) in [5.41, 5.74) is 18.0. The van der Waals surface area contributed by atoms with E-state index in [0.29, 0.717) is 0 Å². The second kappa shape index (κ2) is 11.4. The number of benzene rings is 8. The Balaban J connectivity index is 1.04. The first-order valence-electron chi connectivity index (χ1n) is 18.8. The molecule has 2 nitrogen and oxygen atoms in total. The maximum atomic E-state index is 6.32. The number of hydrogen-bond donors (Lipinski definition) is 0. The molecule has 256 valence electrons. The molecule has 1 aromatic heterocycles. The first-order chi connectivity index (χ1) is 26.5. The fourth-order valence-electron chi connectivity index (χ4n) is 9.69. The maximum Gasteiger partial charge on any atom is 0.137 e. The summed E-state index contributed by atoms with van der Waals surface area (Å²) in [5.74, 6) is 0. The molecule has 11 rings (SSSR count). The van der Waals surface area contributed by atoms with E-state index in [1.807, 2.05) is 12.1 Å². The smallest absolute Gasteiger partial charge is 0.137 e. The molecule has 8 aromatic carbocycles. The zero-order valence-electron chi connectivity index (χ0n) is 30.3. The van der Waals surface area contributed by atoms with Gasteiger partial charge in [0, 0.05) is 39.3 Å². The molecular formula is C52H37NO. The van der Waals surface area contributed by atoms with Crippen molar-refractivity contribution in [1.82, 2.24) is 0 Å². The molecule has 0 amide bonds. The minimum absolute atomic E-state index is 0.0332. The Hall–Kier alpha value is -6.64. The van der Waals surface area contributed by atoms with Crippen molar-refractivity contribution in [1.29, 1.82) is 0 Å². The van der Waals surface area contributed by atoms with Crippen LogP contribution in [0.4, 0.5) is 17.1 Å². The molecule has 0 saturated heterocycles. The van der Waals surface area contributed by atoms with Gasteiger partial charge in [0.2, 0.25) is 0 Å². The average Bonchev–Trinajstić information content (AvgIpc) is 3.83. The second-order valence-corrected chi connectivity index (χ2v) is 15.3. The molecule has 1 heterocycles. The average molecular weight is 692 g/mol. The summed E-state index contributed by atoms with van der Waals surface area (Å²) >= 11 is 0. The first-order valence-corrected chi connectivity index (χ1v) is 18.8. The molecular weight excluding hydrogens is 655 g/mol. The lowest BCUT2D eigenvalue weighted by Crippen LogP contribution is -2.30. The zero-order chi connectivity index (χ0) is 36.0. The summed E-state index contributed by atoms with van der Waals surface area (Å²) in [4.78, 5) is 2.30. The van der Waals surface area contributed by atoms with E-state index in [4.69, 9.17) is 4.42 Å². The highest BCUT2D eigenvalue weighted by atomic mass is 16.3. The molecule has 0 radical (unpaired) electrons. The molecule has 0 aliphatic heterocycles. The maximum absolute atomic E-state index is 6.32. The van der Waals surface area contributed by atoms with Crippen LogP contribution in [0.2, 0.25) is 0 Å². The topological polar surface area (TPSA) is 16.4 Å². The van der Waals surface area contributed by atoms with Crippen LogP contribution in [-0.2, 0) is 10.8 Å². The summed E-state index contributed by atoms with van der Waals surface area (Å²) in [6.07, 6.45) is 0. The van der Waals surface area contributed by atoms with Crippen LogP contribution in [0.5, 0.6) is 0 Å².